The third-order valence-corrected chi connectivity index (χ3v) is 17.9. The van der Waals surface area contributed by atoms with Gasteiger partial charge in [-0.25, -0.2) is 0 Å². The number of rotatable bonds is 1. The van der Waals surface area contributed by atoms with E-state index in [0.717, 1.165) is 77.5 Å². The number of benzene rings is 5. The molecule has 4 unspecified atom stereocenters. The van der Waals surface area contributed by atoms with Crippen LogP contribution in [0, 0.1) is 0 Å². The highest BCUT2D eigenvalue weighted by Crippen LogP contribution is 2.64. The van der Waals surface area contributed by atoms with Crippen LogP contribution in [0.4, 0.5) is 22.7 Å². The molecule has 0 amide bonds. The van der Waals surface area contributed by atoms with Crippen molar-refractivity contribution in [1.29, 1.82) is 0 Å². The Kier molecular flexibility index (Phi) is 6.01. The highest BCUT2D eigenvalue weighted by atomic mass is 16.3. The van der Waals surface area contributed by atoms with Gasteiger partial charge in [0, 0.05) is 50.0 Å². The molecule has 2 fully saturated rings. The average molecular weight is 806 g/mol. The molecule has 5 heteroatoms. The number of hydrogen-bond donors (Lipinski definition) is 0. The molecule has 0 saturated heterocycles. The first-order chi connectivity index (χ1) is 30.7. The fourth-order valence-corrected chi connectivity index (χ4v) is 14.1. The Labute approximate surface area is 368 Å². The molecule has 0 radical (unpaired) electrons. The summed E-state index contributed by atoms with van der Waals surface area (Å²) in [5.74, 6) is 0. The third kappa shape index (κ3) is 4.17. The number of furan rings is 1. The second kappa shape index (κ2) is 11.2. The molecule has 0 bridgehead atoms. The van der Waals surface area contributed by atoms with Crippen LogP contribution < -0.4 is 26.2 Å². The minimum atomic E-state index is -0.498. The standard InChI is InChI=1S/C56H60BN3O/c1-51(2,3)33-27-37-46-36-19-11-14-22-45(36)61-50(46)58-43-31-35(59-42-21-13-12-20-38(42)53(7)23-15-17-25-55(53,59)9)32-44-47(43)57(40(29-33)48(37)58)41-30-34(52(4,5)6)28-39-49(41)60(44)56(10)26-18-16-24-54(39,56)8/h11-14,19-22,27-32H,15-18,23-26H2,1-10H3/i12D,13D,20D,21D. The summed E-state index contributed by atoms with van der Waals surface area (Å²) in [5, 5.41) is 3.49. The van der Waals surface area contributed by atoms with Crippen molar-refractivity contribution >= 4 is 78.8 Å². The first-order valence-electron chi connectivity index (χ1n) is 25.2. The van der Waals surface area contributed by atoms with Crippen LogP contribution in [0.15, 0.2) is 89.3 Å². The lowest BCUT2D eigenvalue weighted by atomic mass is 9.33. The largest absolute Gasteiger partial charge is 0.439 e. The first kappa shape index (κ1) is 32.8. The van der Waals surface area contributed by atoms with Crippen molar-refractivity contribution in [2.45, 2.75) is 153 Å². The lowest BCUT2D eigenvalue weighted by molar-refractivity contribution is 0.194. The molecule has 308 valence electrons. The molecule has 4 nitrogen and oxygen atoms in total. The SMILES string of the molecule is [2H]c1c([2H])c([2H])c2c(c1[2H])N(c1cc3c4c(c1)-n1c5oc6ccccc6c5c5cc(C(C)(C)C)cc(c51)B4c1cc(C(C)(C)C)cc4c1N3C1(C)CCCCC41C)C1(C)CCCCC21C. The van der Waals surface area contributed by atoms with Crippen LogP contribution in [-0.2, 0) is 21.7 Å². The van der Waals surface area contributed by atoms with E-state index in [-0.39, 0.29) is 52.7 Å². The van der Waals surface area contributed by atoms with Gasteiger partial charge < -0.3 is 14.2 Å². The Morgan fingerprint density at radius 1 is 0.639 bits per heavy atom. The van der Waals surface area contributed by atoms with Crippen molar-refractivity contribution < 1.29 is 9.90 Å². The summed E-state index contributed by atoms with van der Waals surface area (Å²) < 4.78 is 46.9. The van der Waals surface area contributed by atoms with Crippen LogP contribution in [0.5, 0.6) is 0 Å². The van der Waals surface area contributed by atoms with Crippen molar-refractivity contribution in [1.82, 2.24) is 4.57 Å². The second-order valence-corrected chi connectivity index (χ2v) is 22.9. The molecule has 13 rings (SSSR count). The van der Waals surface area contributed by atoms with Gasteiger partial charge >= 0.3 is 0 Å². The highest BCUT2D eigenvalue weighted by molar-refractivity contribution is 7.00. The molecular weight excluding hydrogens is 741 g/mol. The maximum absolute atomic E-state index is 9.72. The first-order valence-corrected chi connectivity index (χ1v) is 23.2. The summed E-state index contributed by atoms with van der Waals surface area (Å²) in [4.78, 5) is 5.20. The minimum Gasteiger partial charge on any atom is -0.439 e. The van der Waals surface area contributed by atoms with E-state index in [2.05, 4.69) is 144 Å². The Morgan fingerprint density at radius 3 is 2.00 bits per heavy atom. The summed E-state index contributed by atoms with van der Waals surface area (Å²) in [6.07, 6.45) is 8.40. The van der Waals surface area contributed by atoms with Crippen LogP contribution in [0.1, 0.15) is 148 Å². The van der Waals surface area contributed by atoms with Crippen LogP contribution in [0.25, 0.3) is 38.7 Å². The van der Waals surface area contributed by atoms with Crippen LogP contribution >= 0.6 is 0 Å². The van der Waals surface area contributed by atoms with Crippen LogP contribution in [-0.4, -0.2) is 22.4 Å². The topological polar surface area (TPSA) is 24.6 Å². The molecule has 0 spiro atoms. The zero-order valence-electron chi connectivity index (χ0n) is 41.8. The van der Waals surface area contributed by atoms with Gasteiger partial charge in [-0.2, -0.15) is 0 Å². The van der Waals surface area contributed by atoms with E-state index in [9.17, 15) is 2.74 Å². The van der Waals surface area contributed by atoms with Gasteiger partial charge in [0.1, 0.15) is 5.58 Å². The number of para-hydroxylation sites is 2. The molecule has 4 atom stereocenters. The fraction of sp³-hybridized carbons (Fsp3) is 0.429. The summed E-state index contributed by atoms with van der Waals surface area (Å²) in [6.45, 7) is 23.8. The average Bonchev–Trinajstić information content (AvgIpc) is 3.92. The summed E-state index contributed by atoms with van der Waals surface area (Å²) >= 11 is 0. The molecule has 4 aliphatic heterocycles. The second-order valence-electron chi connectivity index (χ2n) is 22.9. The van der Waals surface area contributed by atoms with Crippen molar-refractivity contribution in [3.05, 3.63) is 107 Å². The zero-order chi connectivity index (χ0) is 45.4. The maximum atomic E-state index is 9.72. The van der Waals surface area contributed by atoms with Crippen molar-refractivity contribution in [3.8, 4) is 5.69 Å². The van der Waals surface area contributed by atoms with Crippen LogP contribution in [0.3, 0.4) is 0 Å². The van der Waals surface area contributed by atoms with E-state index in [0.29, 0.717) is 5.69 Å². The van der Waals surface area contributed by atoms with Gasteiger partial charge in [0.2, 0.25) is 5.71 Å². The van der Waals surface area contributed by atoms with E-state index in [4.69, 9.17) is 7.16 Å². The summed E-state index contributed by atoms with van der Waals surface area (Å²) in [7, 11) is 0. The summed E-state index contributed by atoms with van der Waals surface area (Å²) in [6, 6.07) is 23.4. The van der Waals surface area contributed by atoms with Gasteiger partial charge in [-0.1, -0.05) is 136 Å². The number of fused-ring (bicyclic) bond motifs is 15. The lowest BCUT2D eigenvalue weighted by Crippen LogP contribution is -2.64. The number of nitrogens with zero attached hydrogens (tertiary/aromatic N) is 3. The predicted molar refractivity (Wildman–Crippen MR) is 258 cm³/mol. The van der Waals surface area contributed by atoms with E-state index < -0.39 is 11.0 Å². The Balaban J connectivity index is 1.24. The van der Waals surface area contributed by atoms with Crippen molar-refractivity contribution in [3.63, 3.8) is 0 Å². The minimum absolute atomic E-state index is 0.0463. The van der Waals surface area contributed by atoms with Crippen molar-refractivity contribution in [2.75, 3.05) is 9.80 Å². The molecule has 6 aliphatic rings. The van der Waals surface area contributed by atoms with E-state index in [1.54, 1.807) is 0 Å². The zero-order valence-corrected chi connectivity index (χ0v) is 37.8. The van der Waals surface area contributed by atoms with E-state index in [1.807, 2.05) is 0 Å². The monoisotopic (exact) mass is 806 g/mol. The third-order valence-electron chi connectivity index (χ3n) is 17.9. The summed E-state index contributed by atoms with van der Waals surface area (Å²) in [5.41, 5.74) is 15.8. The molecule has 7 aromatic rings. The van der Waals surface area contributed by atoms with Gasteiger partial charge in [0.25, 0.3) is 6.71 Å². The Morgan fingerprint density at radius 2 is 1.26 bits per heavy atom. The van der Waals surface area contributed by atoms with E-state index in [1.165, 1.54) is 68.2 Å². The smallest absolute Gasteiger partial charge is 0.252 e. The van der Waals surface area contributed by atoms with Gasteiger partial charge in [0.05, 0.1) is 27.5 Å². The molecule has 0 N–H and O–H groups in total. The Bertz CT molecular complexity index is 3350. The number of aromatic nitrogens is 1. The highest BCUT2D eigenvalue weighted by Gasteiger charge is 2.63. The van der Waals surface area contributed by atoms with Gasteiger partial charge in [-0.15, -0.1) is 0 Å². The van der Waals surface area contributed by atoms with Crippen molar-refractivity contribution in [2.24, 2.45) is 0 Å². The normalized spacial score (nSPS) is 28.1. The fourth-order valence-electron chi connectivity index (χ4n) is 14.1. The molecule has 61 heavy (non-hydrogen) atoms. The van der Waals surface area contributed by atoms with Gasteiger partial charge in [0.15, 0.2) is 0 Å². The number of hydrogen-bond acceptors (Lipinski definition) is 3. The molecule has 2 saturated carbocycles. The van der Waals surface area contributed by atoms with Crippen LogP contribution in [0.2, 0.25) is 0 Å². The molecule has 2 aromatic heterocycles. The quantitative estimate of drug-likeness (QED) is 0.155. The lowest BCUT2D eigenvalue weighted by Gasteiger charge is -2.53. The Hall–Kier alpha value is -4.90. The van der Waals surface area contributed by atoms with Gasteiger partial charge in [-0.05, 0) is 119 Å². The molecule has 2 aliphatic carbocycles. The predicted octanol–water partition coefficient (Wildman–Crippen LogP) is 12.8. The maximum Gasteiger partial charge on any atom is 0.252 e. The number of anilines is 4. The molecular formula is C56H60BN3O. The van der Waals surface area contributed by atoms with Gasteiger partial charge in [-0.3, -0.25) is 4.57 Å². The molecule has 5 aromatic carbocycles. The molecule has 6 heterocycles. The van der Waals surface area contributed by atoms with E-state index >= 15 is 0 Å².